The smallest absolute Gasteiger partial charge is 0.164 e. The average molecular weight is 903 g/mol. The second-order valence-corrected chi connectivity index (χ2v) is 18.1. The summed E-state index contributed by atoms with van der Waals surface area (Å²) in [6.45, 7) is 0. The summed E-state index contributed by atoms with van der Waals surface area (Å²) in [7, 11) is 127. The summed E-state index contributed by atoms with van der Waals surface area (Å²) < 4.78 is 7.66. The number of hydrogen-bond donors (Lipinski definition) is 0. The van der Waals surface area contributed by atoms with Crippen LogP contribution in [0.2, 0.25) is 0 Å². The summed E-state index contributed by atoms with van der Waals surface area (Å²) in [5, 5.41) is 0.782. The Hall–Kier alpha value is -6.40. The Morgan fingerprint density at radius 3 is 1.21 bits per heavy atom. The molecule has 0 unspecified atom stereocenters. The molecule has 0 saturated heterocycles. The molecular formula is C51H13B19N4O. The molecule has 11 rings (SSSR count). The number of aromatic nitrogens is 4. The first-order valence-corrected chi connectivity index (χ1v) is 22.7. The van der Waals surface area contributed by atoms with Gasteiger partial charge in [0, 0.05) is 44.2 Å². The van der Waals surface area contributed by atoms with Gasteiger partial charge in [-0.1, -0.05) is 132 Å². The maximum absolute atomic E-state index is 7.41. The first-order chi connectivity index (χ1) is 35.7. The zero-order chi connectivity index (χ0) is 53.5. The summed E-state index contributed by atoms with van der Waals surface area (Å²) in [5.74, 6) is -0.163. The number of fused-ring (bicyclic) bond motifs is 6. The number of nitrogens with zero attached hydrogens (tertiary/aromatic N) is 4. The van der Waals surface area contributed by atoms with Gasteiger partial charge in [-0.05, 0) is 45.2 Å². The van der Waals surface area contributed by atoms with Crippen molar-refractivity contribution in [3.8, 4) is 62.1 Å². The van der Waals surface area contributed by atoms with Gasteiger partial charge >= 0.3 is 0 Å². The van der Waals surface area contributed by atoms with Crippen LogP contribution in [0.25, 0.3) is 106 Å². The lowest BCUT2D eigenvalue weighted by molar-refractivity contribution is 0.675. The van der Waals surface area contributed by atoms with E-state index in [1.807, 2.05) is 72.8 Å². The summed E-state index contributed by atoms with van der Waals surface area (Å²) in [6.07, 6.45) is 0. The maximum Gasteiger partial charge on any atom is 0.164 e. The molecule has 0 aliphatic carbocycles. The van der Waals surface area contributed by atoms with Crippen LogP contribution in [0.4, 0.5) is 0 Å². The van der Waals surface area contributed by atoms with Crippen molar-refractivity contribution in [1.29, 1.82) is 0 Å². The van der Waals surface area contributed by atoms with E-state index in [2.05, 4.69) is 6.07 Å². The Bertz CT molecular complexity index is 4340. The standard InChI is InChI=1S/C51H13B19N4O/c52-25-21-22-28(55)33(60)38(65)43(70)48(22)75-47(21)42(69)30(57)23(25)50-71-49(18-11-5-10-17(13-18)16-9-4-8-15(12-16)14-6-2-1-3-7-14)72-51(73-50)24-29(56)26(53)19-20-27(54)32(59)35(62)39(66)45(20)74(44(19)31(24)58)46-40(67)36(63)34(61)37(64)41(46)68/h1-13H. The number of rotatable bonds is 6. The van der Waals surface area contributed by atoms with Crippen molar-refractivity contribution in [3.63, 3.8) is 0 Å². The largest absolute Gasteiger partial charge is 0.457 e. The Morgan fingerprint density at radius 1 is 0.280 bits per heavy atom. The van der Waals surface area contributed by atoms with Crippen LogP contribution in [0.15, 0.2) is 83.3 Å². The van der Waals surface area contributed by atoms with Crippen molar-refractivity contribution < 1.29 is 4.42 Å². The highest BCUT2D eigenvalue weighted by atomic mass is 16.3. The SMILES string of the molecule is [B]c1c([B])c([B])c(-n2c3c([B])c([B])c([B])c([B])c3c3c([B])c([B])c(-c4nc(-c5cccc(-c6cccc(-c7ccccc7)c6)c5)nc(-c5c([B])c([B])c6oc7c([B])c([B])c([B])c([B])c7c6c5[B])n4)c([B])c32)c([B])c1[B]. The average Bonchev–Trinajstić information content (AvgIpc) is 4.05. The summed E-state index contributed by atoms with van der Waals surface area (Å²) in [5.41, 5.74) is 3.42. The fraction of sp³-hybridized carbons (Fsp3) is 0. The van der Waals surface area contributed by atoms with Gasteiger partial charge in [0.15, 0.2) is 17.5 Å². The molecule has 3 heterocycles. The van der Waals surface area contributed by atoms with Gasteiger partial charge in [-0.3, -0.25) is 0 Å². The lowest BCUT2D eigenvalue weighted by atomic mass is 9.61. The first kappa shape index (κ1) is 50.7. The Balaban J connectivity index is 1.26. The third-order valence-electron chi connectivity index (χ3n) is 14.0. The molecule has 8 aromatic carbocycles. The molecule has 0 N–H and O–H groups in total. The molecule has 300 valence electrons. The topological polar surface area (TPSA) is 56.7 Å². The van der Waals surface area contributed by atoms with Crippen LogP contribution in [0.1, 0.15) is 0 Å². The zero-order valence-electron chi connectivity index (χ0n) is 39.7. The van der Waals surface area contributed by atoms with Gasteiger partial charge in [-0.15, -0.1) is 38.2 Å². The first-order valence-electron chi connectivity index (χ1n) is 22.7. The van der Waals surface area contributed by atoms with E-state index in [0.717, 1.165) is 22.3 Å². The molecular weight excluding hydrogens is 890 g/mol. The van der Waals surface area contributed by atoms with Gasteiger partial charge in [-0.2, -0.15) is 0 Å². The Morgan fingerprint density at radius 2 is 0.640 bits per heavy atom. The molecule has 0 fully saturated rings. The second-order valence-electron chi connectivity index (χ2n) is 18.1. The molecule has 38 radical (unpaired) electrons. The molecule has 24 heteroatoms. The fourth-order valence-electron chi connectivity index (χ4n) is 9.95. The van der Waals surface area contributed by atoms with Crippen LogP contribution in [0.3, 0.4) is 0 Å². The van der Waals surface area contributed by atoms with Gasteiger partial charge < -0.3 is 8.98 Å². The predicted octanol–water partition coefficient (Wildman–Crippen LogP) is -9.71. The number of furan rings is 1. The van der Waals surface area contributed by atoms with E-state index in [1.54, 1.807) is 0 Å². The minimum absolute atomic E-state index is 0.000401. The lowest BCUT2D eigenvalue weighted by Crippen LogP contribution is -2.56. The quantitative estimate of drug-likeness (QED) is 0.156. The molecule has 0 spiro atoms. The van der Waals surface area contributed by atoms with E-state index < -0.39 is 0 Å². The van der Waals surface area contributed by atoms with E-state index in [0.29, 0.717) is 5.56 Å². The molecule has 0 amide bonds. The monoisotopic (exact) mass is 906 g/mol. The third-order valence-corrected chi connectivity index (χ3v) is 14.0. The van der Waals surface area contributed by atoms with E-state index in [4.69, 9.17) is 168 Å². The van der Waals surface area contributed by atoms with E-state index >= 15 is 0 Å². The fourth-order valence-corrected chi connectivity index (χ4v) is 9.95. The van der Waals surface area contributed by atoms with Crippen molar-refractivity contribution in [2.75, 3.05) is 0 Å². The van der Waals surface area contributed by atoms with E-state index in [9.17, 15) is 0 Å². The van der Waals surface area contributed by atoms with Gasteiger partial charge in [-0.25, -0.2) is 15.0 Å². The van der Waals surface area contributed by atoms with E-state index in [-0.39, 0.29) is 182 Å². The Labute approximate surface area is 458 Å². The van der Waals surface area contributed by atoms with Crippen molar-refractivity contribution in [3.05, 3.63) is 78.9 Å². The molecule has 75 heavy (non-hydrogen) atoms. The van der Waals surface area contributed by atoms with Crippen LogP contribution >= 0.6 is 0 Å². The summed E-state index contributed by atoms with van der Waals surface area (Å²) in [4.78, 5) is 15.1. The number of hydrogen-bond acceptors (Lipinski definition) is 4. The highest BCUT2D eigenvalue weighted by molar-refractivity contribution is 6.72. The van der Waals surface area contributed by atoms with Gasteiger partial charge in [0.2, 0.25) is 0 Å². The van der Waals surface area contributed by atoms with Crippen molar-refractivity contribution >= 4 is 297 Å². The molecule has 11 aromatic rings. The maximum atomic E-state index is 7.41. The molecule has 3 aromatic heterocycles. The van der Waals surface area contributed by atoms with Gasteiger partial charge in [0.05, 0.1) is 0 Å². The van der Waals surface area contributed by atoms with Crippen molar-refractivity contribution in [1.82, 2.24) is 19.5 Å². The molecule has 0 saturated carbocycles. The highest BCUT2D eigenvalue weighted by Crippen LogP contribution is 2.33. The van der Waals surface area contributed by atoms with Crippen LogP contribution in [0, 0.1) is 0 Å². The third kappa shape index (κ3) is 7.45. The minimum Gasteiger partial charge on any atom is -0.457 e. The van der Waals surface area contributed by atoms with Crippen molar-refractivity contribution in [2.45, 2.75) is 0 Å². The van der Waals surface area contributed by atoms with Crippen molar-refractivity contribution in [2.24, 2.45) is 0 Å². The zero-order valence-corrected chi connectivity index (χ0v) is 39.7. The summed E-state index contributed by atoms with van der Waals surface area (Å²) >= 11 is 0. The molecule has 0 aliphatic rings. The Kier molecular flexibility index (Phi) is 12.5. The van der Waals surface area contributed by atoms with Crippen LogP contribution in [-0.2, 0) is 0 Å². The highest BCUT2D eigenvalue weighted by Gasteiger charge is 2.29. The van der Waals surface area contributed by atoms with Crippen LogP contribution < -0.4 is 104 Å². The second kappa shape index (κ2) is 18.4. The molecule has 0 atom stereocenters. The summed E-state index contributed by atoms with van der Waals surface area (Å²) in [6, 6.07) is 25.6. The van der Waals surface area contributed by atoms with Gasteiger partial charge in [0.1, 0.15) is 160 Å². The molecule has 5 nitrogen and oxygen atoms in total. The van der Waals surface area contributed by atoms with Gasteiger partial charge in [0.25, 0.3) is 0 Å². The minimum atomic E-state index is -0.139. The number of benzene rings is 8. The van der Waals surface area contributed by atoms with E-state index in [1.165, 1.54) is 4.57 Å². The molecule has 0 bridgehead atoms. The molecule has 0 aliphatic heterocycles. The van der Waals surface area contributed by atoms with Crippen LogP contribution in [-0.4, -0.2) is 169 Å². The predicted molar refractivity (Wildman–Crippen MR) is 331 cm³/mol. The lowest BCUT2D eigenvalue weighted by Gasteiger charge is -2.25. The van der Waals surface area contributed by atoms with Crippen LogP contribution in [0.5, 0.6) is 0 Å². The normalized spacial score (nSPS) is 11.7.